The van der Waals surface area contributed by atoms with Crippen molar-refractivity contribution >= 4 is 34.9 Å². The van der Waals surface area contributed by atoms with Gasteiger partial charge in [-0.3, -0.25) is 19.3 Å². The number of carbonyl (C=O) groups is 3. The Morgan fingerprint density at radius 1 is 1.35 bits per heavy atom. The monoisotopic (exact) mass is 294 g/mol. The molecule has 6 heteroatoms. The largest absolute Gasteiger partial charge is 0.355 e. The Balaban J connectivity index is 2.13. The maximum Gasteiger partial charge on any atom is 0.299 e. The number of halogens is 1. The second kappa shape index (κ2) is 6.05. The van der Waals surface area contributed by atoms with Gasteiger partial charge >= 0.3 is 0 Å². The Hall–Kier alpha value is -1.88. The lowest BCUT2D eigenvalue weighted by molar-refractivity contribution is -0.122. The number of hydrogen-bond donors (Lipinski definition) is 1. The maximum atomic E-state index is 11.9. The van der Waals surface area contributed by atoms with Gasteiger partial charge in [-0.05, 0) is 24.6 Å². The van der Waals surface area contributed by atoms with E-state index in [1.165, 1.54) is 17.0 Å². The molecule has 2 amide bonds. The van der Waals surface area contributed by atoms with Gasteiger partial charge in [-0.25, -0.2) is 0 Å². The van der Waals surface area contributed by atoms with Gasteiger partial charge in [0.15, 0.2) is 0 Å². The van der Waals surface area contributed by atoms with Crippen molar-refractivity contribution in [2.75, 3.05) is 18.0 Å². The first-order valence-electron chi connectivity index (χ1n) is 6.47. The molecule has 0 aliphatic carbocycles. The first kappa shape index (κ1) is 14.5. The number of anilines is 1. The lowest BCUT2D eigenvalue weighted by Gasteiger charge is -2.16. The molecule has 0 unspecified atom stereocenters. The van der Waals surface area contributed by atoms with Crippen LogP contribution in [0.4, 0.5) is 5.69 Å². The summed E-state index contributed by atoms with van der Waals surface area (Å²) in [5, 5.41) is 3.13. The third kappa shape index (κ3) is 2.82. The summed E-state index contributed by atoms with van der Waals surface area (Å²) in [6.45, 7) is 2.42. The Labute approximate surface area is 121 Å². The van der Waals surface area contributed by atoms with Crippen molar-refractivity contribution in [3.63, 3.8) is 0 Å². The van der Waals surface area contributed by atoms with Crippen LogP contribution in [-0.2, 0) is 9.59 Å². The smallest absolute Gasteiger partial charge is 0.299 e. The number of nitrogens with zero attached hydrogens (tertiary/aromatic N) is 1. The second-order valence-electron chi connectivity index (χ2n) is 4.59. The van der Waals surface area contributed by atoms with Crippen molar-refractivity contribution in [2.24, 2.45) is 0 Å². The van der Waals surface area contributed by atoms with E-state index in [-0.39, 0.29) is 12.5 Å². The third-order valence-corrected chi connectivity index (χ3v) is 3.32. The van der Waals surface area contributed by atoms with Gasteiger partial charge in [0.05, 0.1) is 11.3 Å². The van der Waals surface area contributed by atoms with Gasteiger partial charge in [0.1, 0.15) is 6.54 Å². The van der Waals surface area contributed by atoms with Gasteiger partial charge in [0, 0.05) is 11.6 Å². The molecule has 1 aromatic carbocycles. The fourth-order valence-corrected chi connectivity index (χ4v) is 2.19. The van der Waals surface area contributed by atoms with Crippen molar-refractivity contribution in [2.45, 2.75) is 19.8 Å². The highest BCUT2D eigenvalue weighted by Crippen LogP contribution is 2.31. The van der Waals surface area contributed by atoms with E-state index in [2.05, 4.69) is 5.32 Å². The average molecular weight is 295 g/mol. The molecule has 1 N–H and O–H groups in total. The van der Waals surface area contributed by atoms with Crippen LogP contribution < -0.4 is 10.2 Å². The summed E-state index contributed by atoms with van der Waals surface area (Å²) in [4.78, 5) is 36.6. The first-order valence-corrected chi connectivity index (χ1v) is 6.85. The lowest BCUT2D eigenvalue weighted by atomic mass is 10.1. The van der Waals surface area contributed by atoms with Crippen molar-refractivity contribution < 1.29 is 14.4 Å². The summed E-state index contributed by atoms with van der Waals surface area (Å²) in [6.07, 6.45) is 1.85. The van der Waals surface area contributed by atoms with Crippen LogP contribution in [0.2, 0.25) is 5.02 Å². The van der Waals surface area contributed by atoms with Crippen molar-refractivity contribution in [1.29, 1.82) is 0 Å². The molecule has 0 spiro atoms. The quantitative estimate of drug-likeness (QED) is 0.665. The number of unbranched alkanes of at least 4 members (excludes halogenated alkanes) is 1. The molecule has 5 nitrogen and oxygen atoms in total. The number of nitrogens with one attached hydrogen (secondary N) is 1. The molecule has 1 aromatic rings. The van der Waals surface area contributed by atoms with Gasteiger partial charge in [-0.15, -0.1) is 0 Å². The van der Waals surface area contributed by atoms with Gasteiger partial charge in [-0.1, -0.05) is 24.9 Å². The molecule has 0 saturated heterocycles. The molecule has 20 heavy (non-hydrogen) atoms. The number of amides is 2. The molecule has 0 aromatic heterocycles. The molecule has 1 aliphatic heterocycles. The molecular formula is C14H15ClN2O3. The zero-order valence-corrected chi connectivity index (χ0v) is 11.9. The predicted molar refractivity (Wildman–Crippen MR) is 76.1 cm³/mol. The second-order valence-corrected chi connectivity index (χ2v) is 5.02. The molecular weight excluding hydrogens is 280 g/mol. The minimum absolute atomic E-state index is 0.165. The summed E-state index contributed by atoms with van der Waals surface area (Å²) in [6, 6.07) is 4.59. The molecule has 0 atom stereocenters. The normalized spacial score (nSPS) is 13.6. The van der Waals surface area contributed by atoms with Crippen LogP contribution in [0.25, 0.3) is 0 Å². The fraction of sp³-hybridized carbons (Fsp3) is 0.357. The predicted octanol–water partition coefficient (Wildman–Crippen LogP) is 1.79. The van der Waals surface area contributed by atoms with Crippen molar-refractivity contribution in [1.82, 2.24) is 5.32 Å². The number of Topliss-reactive ketones (excluding diaryl/α,β-unsaturated/α-hetero) is 1. The van der Waals surface area contributed by atoms with Gasteiger partial charge in [0.25, 0.3) is 11.7 Å². The third-order valence-electron chi connectivity index (χ3n) is 3.09. The van der Waals surface area contributed by atoms with E-state index in [1.54, 1.807) is 6.07 Å². The minimum Gasteiger partial charge on any atom is -0.355 e. The Morgan fingerprint density at radius 3 is 2.80 bits per heavy atom. The number of carbonyl (C=O) groups excluding carboxylic acids is 3. The van der Waals surface area contributed by atoms with Gasteiger partial charge in [-0.2, -0.15) is 0 Å². The average Bonchev–Trinajstić information content (AvgIpc) is 2.64. The van der Waals surface area contributed by atoms with Crippen molar-refractivity contribution in [3.8, 4) is 0 Å². The SMILES string of the molecule is CCCCNC(=O)CN1C(=O)C(=O)c2ccc(Cl)cc21. The molecule has 0 radical (unpaired) electrons. The zero-order chi connectivity index (χ0) is 14.7. The lowest BCUT2D eigenvalue weighted by Crippen LogP contribution is -2.40. The molecule has 0 bridgehead atoms. The Morgan fingerprint density at radius 2 is 2.10 bits per heavy atom. The summed E-state index contributed by atoms with van der Waals surface area (Å²) in [7, 11) is 0. The molecule has 0 fully saturated rings. The first-order chi connectivity index (χ1) is 9.54. The molecule has 106 valence electrons. The zero-order valence-electron chi connectivity index (χ0n) is 11.1. The molecule has 0 saturated carbocycles. The summed E-state index contributed by atoms with van der Waals surface area (Å²) in [5.41, 5.74) is 0.693. The maximum absolute atomic E-state index is 11.9. The number of hydrogen-bond acceptors (Lipinski definition) is 3. The van der Waals surface area contributed by atoms with Gasteiger partial charge < -0.3 is 5.32 Å². The molecule has 1 heterocycles. The van der Waals surface area contributed by atoms with E-state index in [4.69, 9.17) is 11.6 Å². The minimum atomic E-state index is -0.687. The van der Waals surface area contributed by atoms with E-state index in [9.17, 15) is 14.4 Å². The molecule has 2 rings (SSSR count). The molecule has 1 aliphatic rings. The van der Waals surface area contributed by atoms with E-state index in [0.717, 1.165) is 12.8 Å². The Bertz CT molecular complexity index is 572. The van der Waals surface area contributed by atoms with Crippen LogP contribution in [0.1, 0.15) is 30.1 Å². The van der Waals surface area contributed by atoms with Crippen LogP contribution in [0, 0.1) is 0 Å². The van der Waals surface area contributed by atoms with Crippen molar-refractivity contribution in [3.05, 3.63) is 28.8 Å². The van der Waals surface area contributed by atoms with Crippen LogP contribution in [0.15, 0.2) is 18.2 Å². The van der Waals surface area contributed by atoms with E-state index < -0.39 is 11.7 Å². The standard InChI is InChI=1S/C14H15ClN2O3/c1-2-3-6-16-12(18)8-17-11-7-9(15)4-5-10(11)13(19)14(17)20/h4-5,7H,2-3,6,8H2,1H3,(H,16,18). The highest BCUT2D eigenvalue weighted by atomic mass is 35.5. The summed E-state index contributed by atoms with van der Waals surface area (Å²) in [5.74, 6) is -1.57. The van der Waals surface area contributed by atoms with Crippen LogP contribution in [0.5, 0.6) is 0 Å². The number of rotatable bonds is 5. The highest BCUT2D eigenvalue weighted by molar-refractivity contribution is 6.53. The number of ketones is 1. The Kier molecular flexibility index (Phi) is 4.39. The van der Waals surface area contributed by atoms with Crippen LogP contribution in [-0.4, -0.2) is 30.7 Å². The summed E-state index contributed by atoms with van der Waals surface area (Å²) < 4.78 is 0. The van der Waals surface area contributed by atoms with Crippen LogP contribution in [0.3, 0.4) is 0 Å². The fourth-order valence-electron chi connectivity index (χ4n) is 2.03. The van der Waals surface area contributed by atoms with E-state index >= 15 is 0 Å². The highest BCUT2D eigenvalue weighted by Gasteiger charge is 2.36. The number of fused-ring (bicyclic) bond motifs is 1. The van der Waals surface area contributed by atoms with E-state index in [1.807, 2.05) is 6.92 Å². The van der Waals surface area contributed by atoms with Gasteiger partial charge in [0.2, 0.25) is 5.91 Å². The topological polar surface area (TPSA) is 66.5 Å². The van der Waals surface area contributed by atoms with Crippen LogP contribution >= 0.6 is 11.6 Å². The summed E-state index contributed by atoms with van der Waals surface area (Å²) >= 11 is 5.87. The number of benzene rings is 1. The van der Waals surface area contributed by atoms with E-state index in [0.29, 0.717) is 22.8 Å².